The van der Waals surface area contributed by atoms with Crippen LogP contribution in [0.15, 0.2) is 59.6 Å². The molecule has 1 aliphatic rings. The molecule has 1 saturated heterocycles. The summed E-state index contributed by atoms with van der Waals surface area (Å²) in [6.07, 6.45) is 0.397. The molecule has 0 aliphatic carbocycles. The van der Waals surface area contributed by atoms with Gasteiger partial charge in [-0.25, -0.2) is 0 Å². The molecular weight excluding hydrogens is 364 g/mol. The molecule has 3 rings (SSSR count). The lowest BCUT2D eigenvalue weighted by Gasteiger charge is -2.20. The van der Waals surface area contributed by atoms with E-state index in [1.807, 2.05) is 44.2 Å². The SMILES string of the molecule is CCNC(=NCC(O)COc1cccc(C)c1)NC1CCN(c2ccccc2)C1. The molecule has 0 radical (unpaired) electrons. The summed E-state index contributed by atoms with van der Waals surface area (Å²) in [5.41, 5.74) is 2.39. The molecule has 0 spiro atoms. The molecule has 0 bridgehead atoms. The smallest absolute Gasteiger partial charge is 0.191 e. The highest BCUT2D eigenvalue weighted by molar-refractivity contribution is 5.80. The van der Waals surface area contributed by atoms with E-state index in [1.54, 1.807) is 0 Å². The van der Waals surface area contributed by atoms with Gasteiger partial charge >= 0.3 is 0 Å². The fraction of sp³-hybridized carbons (Fsp3) is 0.435. The number of nitrogens with one attached hydrogen (secondary N) is 2. The van der Waals surface area contributed by atoms with E-state index in [0.29, 0.717) is 6.04 Å². The zero-order valence-corrected chi connectivity index (χ0v) is 17.3. The van der Waals surface area contributed by atoms with Gasteiger partial charge in [0, 0.05) is 31.4 Å². The number of guanidine groups is 1. The zero-order chi connectivity index (χ0) is 20.5. The second-order valence-electron chi connectivity index (χ2n) is 7.41. The molecule has 6 heteroatoms. The molecule has 2 unspecified atom stereocenters. The molecule has 29 heavy (non-hydrogen) atoms. The number of para-hydroxylation sites is 1. The third-order valence-electron chi connectivity index (χ3n) is 4.89. The number of aliphatic hydroxyl groups is 1. The van der Waals surface area contributed by atoms with E-state index < -0.39 is 6.10 Å². The number of anilines is 1. The number of hydrogen-bond donors (Lipinski definition) is 3. The van der Waals surface area contributed by atoms with Gasteiger partial charge in [-0.3, -0.25) is 4.99 Å². The van der Waals surface area contributed by atoms with Crippen molar-refractivity contribution in [3.05, 3.63) is 60.2 Å². The fourth-order valence-electron chi connectivity index (χ4n) is 3.41. The normalized spacial score (nSPS) is 17.8. The summed E-state index contributed by atoms with van der Waals surface area (Å²) in [6.45, 7) is 7.30. The molecule has 156 valence electrons. The number of aryl methyl sites for hydroxylation is 1. The Morgan fingerprint density at radius 3 is 2.83 bits per heavy atom. The summed E-state index contributed by atoms with van der Waals surface area (Å²) in [5.74, 6) is 1.51. The van der Waals surface area contributed by atoms with E-state index in [-0.39, 0.29) is 13.2 Å². The Bertz CT molecular complexity index is 781. The first-order valence-electron chi connectivity index (χ1n) is 10.4. The molecule has 0 amide bonds. The summed E-state index contributed by atoms with van der Waals surface area (Å²) in [7, 11) is 0. The van der Waals surface area contributed by atoms with E-state index in [2.05, 4.69) is 44.8 Å². The van der Waals surface area contributed by atoms with Gasteiger partial charge in [0.1, 0.15) is 18.5 Å². The van der Waals surface area contributed by atoms with Gasteiger partial charge in [-0.15, -0.1) is 0 Å². The van der Waals surface area contributed by atoms with Gasteiger partial charge in [0.2, 0.25) is 0 Å². The Morgan fingerprint density at radius 2 is 2.07 bits per heavy atom. The molecule has 3 N–H and O–H groups in total. The summed E-state index contributed by atoms with van der Waals surface area (Å²) in [5, 5.41) is 17.0. The summed E-state index contributed by atoms with van der Waals surface area (Å²) < 4.78 is 5.67. The maximum absolute atomic E-state index is 10.3. The summed E-state index contributed by atoms with van der Waals surface area (Å²) in [6, 6.07) is 18.6. The first-order valence-corrected chi connectivity index (χ1v) is 10.4. The van der Waals surface area contributed by atoms with Gasteiger partial charge < -0.3 is 25.4 Å². The summed E-state index contributed by atoms with van der Waals surface area (Å²) >= 11 is 0. The van der Waals surface area contributed by atoms with Crippen LogP contribution in [0, 0.1) is 6.92 Å². The Hall–Kier alpha value is -2.73. The van der Waals surface area contributed by atoms with Gasteiger partial charge in [-0.1, -0.05) is 30.3 Å². The molecule has 6 nitrogen and oxygen atoms in total. The standard InChI is InChI=1S/C23H32N4O2/c1-3-24-23(25-15-21(28)17-29-22-11-7-8-18(2)14-22)26-19-12-13-27(16-19)20-9-5-4-6-10-20/h4-11,14,19,21,28H,3,12-13,15-17H2,1-2H3,(H2,24,25,26). The number of aliphatic imine (C=N–C) groups is 1. The van der Waals surface area contributed by atoms with Crippen LogP contribution in [0.3, 0.4) is 0 Å². The van der Waals surface area contributed by atoms with Crippen molar-refractivity contribution >= 4 is 11.6 Å². The van der Waals surface area contributed by atoms with Crippen LogP contribution in [0.2, 0.25) is 0 Å². The average molecular weight is 397 g/mol. The Labute approximate surface area is 173 Å². The lowest BCUT2D eigenvalue weighted by atomic mass is 10.2. The van der Waals surface area contributed by atoms with Crippen molar-refractivity contribution < 1.29 is 9.84 Å². The van der Waals surface area contributed by atoms with Crippen molar-refractivity contribution in [2.45, 2.75) is 32.4 Å². The number of hydrogen-bond acceptors (Lipinski definition) is 4. The maximum atomic E-state index is 10.3. The van der Waals surface area contributed by atoms with Gasteiger partial charge in [0.15, 0.2) is 5.96 Å². The van der Waals surface area contributed by atoms with Crippen molar-refractivity contribution in [1.82, 2.24) is 10.6 Å². The zero-order valence-electron chi connectivity index (χ0n) is 17.3. The Balaban J connectivity index is 1.48. The fourth-order valence-corrected chi connectivity index (χ4v) is 3.41. The molecular formula is C23H32N4O2. The molecule has 0 aromatic heterocycles. The number of nitrogens with zero attached hydrogens (tertiary/aromatic N) is 2. The maximum Gasteiger partial charge on any atom is 0.191 e. The Kier molecular flexibility index (Phi) is 7.76. The number of ether oxygens (including phenoxy) is 1. The van der Waals surface area contributed by atoms with E-state index in [4.69, 9.17) is 4.74 Å². The summed E-state index contributed by atoms with van der Waals surface area (Å²) in [4.78, 5) is 6.93. The van der Waals surface area contributed by atoms with Crippen LogP contribution >= 0.6 is 0 Å². The molecule has 2 aromatic rings. The second kappa shape index (κ2) is 10.7. The highest BCUT2D eigenvalue weighted by Crippen LogP contribution is 2.19. The first-order chi connectivity index (χ1) is 14.1. The minimum absolute atomic E-state index is 0.220. The molecule has 2 atom stereocenters. The third-order valence-corrected chi connectivity index (χ3v) is 4.89. The van der Waals surface area contributed by atoms with Crippen LogP contribution in [0.25, 0.3) is 0 Å². The largest absolute Gasteiger partial charge is 0.491 e. The van der Waals surface area contributed by atoms with E-state index >= 15 is 0 Å². The minimum Gasteiger partial charge on any atom is -0.491 e. The van der Waals surface area contributed by atoms with Gasteiger partial charge in [-0.05, 0) is 50.1 Å². The molecule has 1 fully saturated rings. The van der Waals surface area contributed by atoms with Gasteiger partial charge in [0.05, 0.1) is 6.54 Å². The average Bonchev–Trinajstić information content (AvgIpc) is 3.20. The van der Waals surface area contributed by atoms with E-state index in [1.165, 1.54) is 5.69 Å². The Morgan fingerprint density at radius 1 is 1.24 bits per heavy atom. The monoisotopic (exact) mass is 396 g/mol. The highest BCUT2D eigenvalue weighted by Gasteiger charge is 2.23. The van der Waals surface area contributed by atoms with Crippen LogP contribution in [0.4, 0.5) is 5.69 Å². The number of benzene rings is 2. The third kappa shape index (κ3) is 6.68. The van der Waals surface area contributed by atoms with Crippen molar-refractivity contribution in [1.29, 1.82) is 0 Å². The minimum atomic E-state index is -0.657. The molecule has 0 saturated carbocycles. The van der Waals surface area contributed by atoms with Crippen LogP contribution < -0.4 is 20.3 Å². The molecule has 1 heterocycles. The van der Waals surface area contributed by atoms with Gasteiger partial charge in [0.25, 0.3) is 0 Å². The van der Waals surface area contributed by atoms with Crippen molar-refractivity contribution in [2.75, 3.05) is 37.7 Å². The van der Waals surface area contributed by atoms with Crippen LogP contribution in [0.5, 0.6) is 5.75 Å². The van der Waals surface area contributed by atoms with Crippen LogP contribution in [-0.4, -0.2) is 56.0 Å². The first kappa shape index (κ1) is 21.0. The van der Waals surface area contributed by atoms with Crippen molar-refractivity contribution in [3.63, 3.8) is 0 Å². The number of aliphatic hydroxyl groups excluding tert-OH is 1. The van der Waals surface area contributed by atoms with Crippen LogP contribution in [-0.2, 0) is 0 Å². The van der Waals surface area contributed by atoms with Crippen LogP contribution in [0.1, 0.15) is 18.9 Å². The predicted molar refractivity (Wildman–Crippen MR) is 119 cm³/mol. The van der Waals surface area contributed by atoms with E-state index in [0.717, 1.165) is 43.3 Å². The lowest BCUT2D eigenvalue weighted by Crippen LogP contribution is -2.45. The van der Waals surface area contributed by atoms with Crippen molar-refractivity contribution in [3.8, 4) is 5.75 Å². The van der Waals surface area contributed by atoms with E-state index in [9.17, 15) is 5.11 Å². The van der Waals surface area contributed by atoms with Gasteiger partial charge in [-0.2, -0.15) is 0 Å². The number of rotatable bonds is 8. The van der Waals surface area contributed by atoms with Crippen molar-refractivity contribution in [2.24, 2.45) is 4.99 Å². The molecule has 1 aliphatic heterocycles. The quantitative estimate of drug-likeness (QED) is 0.473. The topological polar surface area (TPSA) is 69.1 Å². The predicted octanol–water partition coefficient (Wildman–Crippen LogP) is 2.57. The second-order valence-corrected chi connectivity index (χ2v) is 7.41. The highest BCUT2D eigenvalue weighted by atomic mass is 16.5. The lowest BCUT2D eigenvalue weighted by molar-refractivity contribution is 0.114. The molecule has 2 aromatic carbocycles.